The first-order valence-corrected chi connectivity index (χ1v) is 9.14. The van der Waals surface area contributed by atoms with Gasteiger partial charge in [-0.05, 0) is 44.4 Å². The molecule has 150 valence electrons. The largest absolute Gasteiger partial charge is 0.444 e. The van der Waals surface area contributed by atoms with Crippen molar-refractivity contribution in [3.63, 3.8) is 0 Å². The molecule has 3 N–H and O–H groups in total. The number of alkyl carbamates (subject to hydrolysis) is 1. The molecule has 0 saturated carbocycles. The van der Waals surface area contributed by atoms with E-state index < -0.39 is 23.6 Å². The number of carbonyl (C=O) groups excluding carboxylic acids is 3. The van der Waals surface area contributed by atoms with Crippen LogP contribution in [0.15, 0.2) is 24.3 Å². The molecule has 0 radical (unpaired) electrons. The minimum absolute atomic E-state index is 0.172. The van der Waals surface area contributed by atoms with E-state index in [0.29, 0.717) is 11.6 Å². The van der Waals surface area contributed by atoms with Gasteiger partial charge in [0.05, 0.1) is 6.54 Å². The molecule has 0 aliphatic rings. The van der Waals surface area contributed by atoms with E-state index in [2.05, 4.69) is 16.0 Å². The molecule has 0 saturated heterocycles. The van der Waals surface area contributed by atoms with Crippen LogP contribution in [0.3, 0.4) is 0 Å². The zero-order chi connectivity index (χ0) is 20.6. The standard InChI is InChI=1S/C19H28ClN3O4/c1-12(2)16(23-18(26)27-19(3,4)5)17(25)22-11-15(24)21-10-13-6-8-14(20)9-7-13/h6-9,12,16H,10-11H2,1-5H3,(H,21,24)(H,22,25)(H,23,26). The topological polar surface area (TPSA) is 96.5 Å². The molecular weight excluding hydrogens is 370 g/mol. The first-order valence-electron chi connectivity index (χ1n) is 8.76. The number of nitrogens with one attached hydrogen (secondary N) is 3. The summed E-state index contributed by atoms with van der Waals surface area (Å²) in [5, 5.41) is 8.40. The number of carbonyl (C=O) groups is 3. The lowest BCUT2D eigenvalue weighted by Crippen LogP contribution is -2.52. The first kappa shape index (κ1) is 22.8. The van der Waals surface area contributed by atoms with E-state index in [1.54, 1.807) is 58.9 Å². The van der Waals surface area contributed by atoms with E-state index in [-0.39, 0.29) is 18.4 Å². The number of halogens is 1. The van der Waals surface area contributed by atoms with Gasteiger partial charge in [0.2, 0.25) is 11.8 Å². The van der Waals surface area contributed by atoms with Crippen LogP contribution < -0.4 is 16.0 Å². The molecule has 27 heavy (non-hydrogen) atoms. The predicted molar refractivity (Wildman–Crippen MR) is 104 cm³/mol. The summed E-state index contributed by atoms with van der Waals surface area (Å²) in [6.07, 6.45) is -0.677. The van der Waals surface area contributed by atoms with Crippen molar-refractivity contribution in [3.05, 3.63) is 34.9 Å². The molecule has 1 aromatic rings. The summed E-state index contributed by atoms with van der Waals surface area (Å²) in [5.74, 6) is -0.953. The summed E-state index contributed by atoms with van der Waals surface area (Å²) in [7, 11) is 0. The van der Waals surface area contributed by atoms with Crippen LogP contribution in [0, 0.1) is 5.92 Å². The van der Waals surface area contributed by atoms with Gasteiger partial charge >= 0.3 is 6.09 Å². The van der Waals surface area contributed by atoms with Crippen molar-refractivity contribution < 1.29 is 19.1 Å². The Labute approximate surface area is 165 Å². The van der Waals surface area contributed by atoms with Crippen molar-refractivity contribution in [2.24, 2.45) is 5.92 Å². The van der Waals surface area contributed by atoms with Gasteiger partial charge in [-0.1, -0.05) is 37.6 Å². The highest BCUT2D eigenvalue weighted by Crippen LogP contribution is 2.10. The van der Waals surface area contributed by atoms with Gasteiger partial charge in [0.15, 0.2) is 0 Å². The van der Waals surface area contributed by atoms with E-state index in [9.17, 15) is 14.4 Å². The average Bonchev–Trinajstić information content (AvgIpc) is 2.55. The molecule has 1 aromatic carbocycles. The van der Waals surface area contributed by atoms with Crippen LogP contribution in [0.4, 0.5) is 4.79 Å². The Morgan fingerprint density at radius 2 is 1.67 bits per heavy atom. The highest BCUT2D eigenvalue weighted by Gasteiger charge is 2.27. The summed E-state index contributed by atoms with van der Waals surface area (Å²) < 4.78 is 5.17. The van der Waals surface area contributed by atoms with Crippen LogP contribution in [0.25, 0.3) is 0 Å². The Morgan fingerprint density at radius 3 is 2.19 bits per heavy atom. The Bertz CT molecular complexity index is 654. The molecule has 1 unspecified atom stereocenters. The summed E-state index contributed by atoms with van der Waals surface area (Å²) >= 11 is 5.81. The van der Waals surface area contributed by atoms with Crippen molar-refractivity contribution in [3.8, 4) is 0 Å². The smallest absolute Gasteiger partial charge is 0.408 e. The zero-order valence-corrected chi connectivity index (χ0v) is 17.1. The minimum atomic E-state index is -0.802. The molecule has 1 rings (SSSR count). The lowest BCUT2D eigenvalue weighted by Gasteiger charge is -2.25. The highest BCUT2D eigenvalue weighted by molar-refractivity contribution is 6.30. The second-order valence-corrected chi connectivity index (χ2v) is 7.93. The Hall–Kier alpha value is -2.28. The lowest BCUT2D eigenvalue weighted by atomic mass is 10.0. The molecule has 0 spiro atoms. The maximum absolute atomic E-state index is 12.3. The van der Waals surface area contributed by atoms with E-state index in [0.717, 1.165) is 5.56 Å². The maximum Gasteiger partial charge on any atom is 0.408 e. The molecule has 7 nitrogen and oxygen atoms in total. The highest BCUT2D eigenvalue weighted by atomic mass is 35.5. The molecule has 8 heteroatoms. The molecule has 0 aliphatic carbocycles. The van der Waals surface area contributed by atoms with Crippen molar-refractivity contribution in [1.82, 2.24) is 16.0 Å². The van der Waals surface area contributed by atoms with Crippen LogP contribution >= 0.6 is 11.6 Å². The lowest BCUT2D eigenvalue weighted by molar-refractivity contribution is -0.128. The van der Waals surface area contributed by atoms with Gasteiger partial charge in [-0.3, -0.25) is 9.59 Å². The third kappa shape index (κ3) is 9.28. The van der Waals surface area contributed by atoms with E-state index in [1.807, 2.05) is 0 Å². The summed E-state index contributed by atoms with van der Waals surface area (Å²) in [4.78, 5) is 36.1. The first-order chi connectivity index (χ1) is 12.5. The maximum atomic E-state index is 12.3. The van der Waals surface area contributed by atoms with Gasteiger partial charge in [-0.25, -0.2) is 4.79 Å². The summed E-state index contributed by atoms with van der Waals surface area (Å²) in [5.41, 5.74) is 0.231. The molecule has 0 aliphatic heterocycles. The number of hydrogen-bond acceptors (Lipinski definition) is 4. The van der Waals surface area contributed by atoms with Crippen molar-refractivity contribution in [2.45, 2.75) is 52.8 Å². The fourth-order valence-corrected chi connectivity index (χ4v) is 2.24. The van der Waals surface area contributed by atoms with Gasteiger partial charge in [0, 0.05) is 11.6 Å². The van der Waals surface area contributed by atoms with Crippen LogP contribution in [0.5, 0.6) is 0 Å². The van der Waals surface area contributed by atoms with Crippen LogP contribution in [-0.4, -0.2) is 36.1 Å². The number of amides is 3. The summed E-state index contributed by atoms with van der Waals surface area (Å²) in [6, 6.07) is 6.28. The minimum Gasteiger partial charge on any atom is -0.444 e. The van der Waals surface area contributed by atoms with Crippen molar-refractivity contribution in [1.29, 1.82) is 0 Å². The van der Waals surface area contributed by atoms with Gasteiger partial charge < -0.3 is 20.7 Å². The Kier molecular flexibility index (Phi) is 8.56. The SMILES string of the molecule is CC(C)C(NC(=O)OC(C)(C)C)C(=O)NCC(=O)NCc1ccc(Cl)cc1. The third-order valence-electron chi connectivity index (χ3n) is 3.45. The van der Waals surface area contributed by atoms with Crippen LogP contribution in [0.2, 0.25) is 5.02 Å². The van der Waals surface area contributed by atoms with Crippen molar-refractivity contribution in [2.75, 3.05) is 6.54 Å². The average molecular weight is 398 g/mol. The monoisotopic (exact) mass is 397 g/mol. The number of rotatable bonds is 7. The number of hydrogen-bond donors (Lipinski definition) is 3. The number of benzene rings is 1. The molecular formula is C19H28ClN3O4. The molecule has 0 heterocycles. The van der Waals surface area contributed by atoms with Gasteiger partial charge in [0.25, 0.3) is 0 Å². The van der Waals surface area contributed by atoms with Gasteiger partial charge in [-0.2, -0.15) is 0 Å². The molecule has 0 bridgehead atoms. The Balaban J connectivity index is 2.47. The third-order valence-corrected chi connectivity index (χ3v) is 3.70. The normalized spacial score (nSPS) is 12.3. The molecule has 1 atom stereocenters. The Morgan fingerprint density at radius 1 is 1.07 bits per heavy atom. The van der Waals surface area contributed by atoms with Crippen LogP contribution in [-0.2, 0) is 20.9 Å². The predicted octanol–water partition coefficient (Wildman–Crippen LogP) is 2.62. The van der Waals surface area contributed by atoms with Gasteiger partial charge in [0.1, 0.15) is 11.6 Å². The summed E-state index contributed by atoms with van der Waals surface area (Å²) in [6.45, 7) is 8.94. The fourth-order valence-electron chi connectivity index (χ4n) is 2.11. The van der Waals surface area contributed by atoms with E-state index >= 15 is 0 Å². The number of ether oxygens (including phenoxy) is 1. The molecule has 3 amide bonds. The molecule has 0 aromatic heterocycles. The zero-order valence-electron chi connectivity index (χ0n) is 16.4. The van der Waals surface area contributed by atoms with E-state index in [4.69, 9.17) is 16.3 Å². The van der Waals surface area contributed by atoms with Gasteiger partial charge in [-0.15, -0.1) is 0 Å². The van der Waals surface area contributed by atoms with Crippen molar-refractivity contribution >= 4 is 29.5 Å². The second kappa shape index (κ2) is 10.2. The van der Waals surface area contributed by atoms with E-state index in [1.165, 1.54) is 0 Å². The fraction of sp³-hybridized carbons (Fsp3) is 0.526. The quantitative estimate of drug-likeness (QED) is 0.658. The van der Waals surface area contributed by atoms with Crippen LogP contribution in [0.1, 0.15) is 40.2 Å². The molecule has 0 fully saturated rings. The second-order valence-electron chi connectivity index (χ2n) is 7.49.